The highest BCUT2D eigenvalue weighted by Gasteiger charge is 2.42. The Labute approximate surface area is 123 Å². The fourth-order valence-electron chi connectivity index (χ4n) is 4.34. The number of nitrogens with two attached hydrogens (primary N) is 1. The Morgan fingerprint density at radius 3 is 2.55 bits per heavy atom. The Morgan fingerprint density at radius 1 is 1.25 bits per heavy atom. The maximum atomic E-state index is 11.9. The highest BCUT2D eigenvalue weighted by Crippen LogP contribution is 2.35. The van der Waals surface area contributed by atoms with Crippen molar-refractivity contribution in [3.05, 3.63) is 0 Å². The van der Waals surface area contributed by atoms with E-state index in [4.69, 9.17) is 5.73 Å². The van der Waals surface area contributed by atoms with Crippen LogP contribution in [0.3, 0.4) is 0 Å². The summed E-state index contributed by atoms with van der Waals surface area (Å²) in [5, 5.41) is 3.21. The van der Waals surface area contributed by atoms with Gasteiger partial charge in [-0.25, -0.2) is 0 Å². The van der Waals surface area contributed by atoms with Crippen LogP contribution in [0.15, 0.2) is 0 Å². The molecule has 0 aromatic carbocycles. The molecule has 0 bridgehead atoms. The Hall–Kier alpha value is -0.610. The normalized spacial score (nSPS) is 38.9. The third kappa shape index (κ3) is 3.01. The summed E-state index contributed by atoms with van der Waals surface area (Å²) in [6, 6.07) is 1.16. The maximum Gasteiger partial charge on any atom is 0.237 e. The van der Waals surface area contributed by atoms with Crippen LogP contribution in [-0.4, -0.2) is 42.5 Å². The monoisotopic (exact) mass is 281 g/mol. The zero-order chi connectivity index (χ0) is 14.8. The highest BCUT2D eigenvalue weighted by atomic mass is 16.1. The van der Waals surface area contributed by atoms with Gasteiger partial charge in [-0.1, -0.05) is 19.8 Å². The molecule has 4 atom stereocenters. The molecule has 0 aromatic rings. The average Bonchev–Trinajstić information content (AvgIpc) is 2.47. The van der Waals surface area contributed by atoms with Crippen LogP contribution in [0.4, 0.5) is 0 Å². The largest absolute Gasteiger partial charge is 0.368 e. The van der Waals surface area contributed by atoms with E-state index in [0.29, 0.717) is 12.1 Å². The van der Waals surface area contributed by atoms with E-state index in [1.807, 2.05) is 7.05 Å². The molecule has 0 aliphatic heterocycles. The van der Waals surface area contributed by atoms with E-state index >= 15 is 0 Å². The Balaban J connectivity index is 2.06. The lowest BCUT2D eigenvalue weighted by atomic mass is 9.76. The van der Waals surface area contributed by atoms with Crippen LogP contribution in [0, 0.1) is 5.92 Å². The number of hydrogen-bond donors (Lipinski definition) is 2. The molecule has 0 saturated heterocycles. The van der Waals surface area contributed by atoms with Crippen molar-refractivity contribution >= 4 is 5.91 Å². The second kappa shape index (κ2) is 6.44. The molecule has 4 heteroatoms. The summed E-state index contributed by atoms with van der Waals surface area (Å²) in [6.07, 6.45) is 9.38. The molecule has 2 rings (SSSR count). The van der Waals surface area contributed by atoms with Crippen molar-refractivity contribution in [3.63, 3.8) is 0 Å². The van der Waals surface area contributed by atoms with Gasteiger partial charge in [0.15, 0.2) is 0 Å². The molecule has 2 aliphatic rings. The van der Waals surface area contributed by atoms with Crippen molar-refractivity contribution < 1.29 is 4.79 Å². The van der Waals surface area contributed by atoms with Gasteiger partial charge in [-0.05, 0) is 58.5 Å². The lowest BCUT2D eigenvalue weighted by Gasteiger charge is -2.46. The minimum Gasteiger partial charge on any atom is -0.368 e. The van der Waals surface area contributed by atoms with Crippen LogP contribution >= 0.6 is 0 Å². The summed E-state index contributed by atoms with van der Waals surface area (Å²) in [4.78, 5) is 14.4. The van der Waals surface area contributed by atoms with E-state index in [1.165, 1.54) is 32.1 Å². The third-order valence-corrected chi connectivity index (χ3v) is 5.84. The van der Waals surface area contributed by atoms with Gasteiger partial charge in [-0.2, -0.15) is 0 Å². The second-order valence-corrected chi connectivity index (χ2v) is 6.94. The van der Waals surface area contributed by atoms with Gasteiger partial charge in [0, 0.05) is 12.1 Å². The van der Waals surface area contributed by atoms with E-state index < -0.39 is 5.54 Å². The molecular formula is C16H31N3O. The molecule has 0 radical (unpaired) electrons. The third-order valence-electron chi connectivity index (χ3n) is 5.84. The van der Waals surface area contributed by atoms with Crippen LogP contribution in [0.5, 0.6) is 0 Å². The van der Waals surface area contributed by atoms with E-state index in [1.54, 1.807) is 0 Å². The first-order chi connectivity index (χ1) is 9.50. The topological polar surface area (TPSA) is 58.4 Å². The number of amides is 1. The lowest BCUT2D eigenvalue weighted by Crippen LogP contribution is -2.60. The molecule has 3 N–H and O–H groups in total. The molecule has 2 fully saturated rings. The quantitative estimate of drug-likeness (QED) is 0.827. The van der Waals surface area contributed by atoms with E-state index in [2.05, 4.69) is 24.2 Å². The summed E-state index contributed by atoms with van der Waals surface area (Å²) < 4.78 is 0. The first kappa shape index (κ1) is 15.8. The van der Waals surface area contributed by atoms with Crippen molar-refractivity contribution in [2.24, 2.45) is 11.7 Å². The van der Waals surface area contributed by atoms with Crippen molar-refractivity contribution in [2.75, 3.05) is 14.1 Å². The molecule has 1 amide bonds. The van der Waals surface area contributed by atoms with Crippen LogP contribution in [-0.2, 0) is 4.79 Å². The summed E-state index contributed by atoms with van der Waals surface area (Å²) >= 11 is 0. The minimum absolute atomic E-state index is 0.185. The fourth-order valence-corrected chi connectivity index (χ4v) is 4.34. The summed E-state index contributed by atoms with van der Waals surface area (Å²) in [5.74, 6) is 0.586. The van der Waals surface area contributed by atoms with Gasteiger partial charge in [0.25, 0.3) is 0 Å². The Bertz CT molecular complexity index is 347. The van der Waals surface area contributed by atoms with Crippen LogP contribution in [0.1, 0.15) is 58.3 Å². The number of likely N-dealkylation sites (N-methyl/N-ethyl adjacent to an activating group) is 1. The van der Waals surface area contributed by atoms with Gasteiger partial charge >= 0.3 is 0 Å². The van der Waals surface area contributed by atoms with Gasteiger partial charge < -0.3 is 16.0 Å². The molecule has 2 aliphatic carbocycles. The van der Waals surface area contributed by atoms with Crippen LogP contribution in [0.2, 0.25) is 0 Å². The predicted octanol–water partition coefficient (Wildman–Crippen LogP) is 1.88. The summed E-state index contributed by atoms with van der Waals surface area (Å²) in [7, 11) is 4.13. The fraction of sp³-hybridized carbons (Fsp3) is 0.938. The van der Waals surface area contributed by atoms with E-state index in [-0.39, 0.29) is 5.91 Å². The van der Waals surface area contributed by atoms with E-state index in [0.717, 1.165) is 25.2 Å². The van der Waals surface area contributed by atoms with Gasteiger partial charge in [-0.15, -0.1) is 0 Å². The smallest absolute Gasteiger partial charge is 0.237 e. The van der Waals surface area contributed by atoms with Gasteiger partial charge in [0.05, 0.1) is 5.54 Å². The predicted molar refractivity (Wildman–Crippen MR) is 82.4 cm³/mol. The first-order valence-electron chi connectivity index (χ1n) is 8.21. The minimum atomic E-state index is -0.491. The van der Waals surface area contributed by atoms with Crippen molar-refractivity contribution in [2.45, 2.75) is 75.9 Å². The van der Waals surface area contributed by atoms with Crippen molar-refractivity contribution in [3.8, 4) is 0 Å². The molecule has 116 valence electrons. The SMILES string of the molecule is CNC1(C(N)=O)CCCC(N(C)C2CCCCC2C)C1. The zero-order valence-electron chi connectivity index (χ0n) is 13.3. The standard InChI is InChI=1S/C16H31N3O/c1-12-7-4-5-9-14(12)19(3)13-8-6-10-16(11-13,18-2)15(17)20/h12-14,18H,4-11H2,1-3H3,(H2,17,20). The molecule has 2 saturated carbocycles. The molecule has 0 aromatic heterocycles. The summed E-state index contributed by atoms with van der Waals surface area (Å²) in [5.41, 5.74) is 5.17. The number of rotatable bonds is 4. The van der Waals surface area contributed by atoms with Gasteiger partial charge in [0.1, 0.15) is 0 Å². The number of carbonyl (C=O) groups is 1. The molecule has 4 unspecified atom stereocenters. The molecule has 4 nitrogen and oxygen atoms in total. The molecule has 20 heavy (non-hydrogen) atoms. The number of nitrogens with zero attached hydrogens (tertiary/aromatic N) is 1. The van der Waals surface area contributed by atoms with E-state index in [9.17, 15) is 4.79 Å². The van der Waals surface area contributed by atoms with Crippen molar-refractivity contribution in [1.29, 1.82) is 0 Å². The average molecular weight is 281 g/mol. The van der Waals surface area contributed by atoms with Crippen LogP contribution < -0.4 is 11.1 Å². The van der Waals surface area contributed by atoms with Crippen molar-refractivity contribution in [1.82, 2.24) is 10.2 Å². The summed E-state index contributed by atoms with van der Waals surface area (Å²) in [6.45, 7) is 2.38. The van der Waals surface area contributed by atoms with Gasteiger partial charge in [0.2, 0.25) is 5.91 Å². The van der Waals surface area contributed by atoms with Gasteiger partial charge in [-0.3, -0.25) is 4.79 Å². The number of primary amides is 1. The Kier molecular flexibility index (Phi) is 5.08. The molecule has 0 heterocycles. The number of carbonyl (C=O) groups excluding carboxylic acids is 1. The highest BCUT2D eigenvalue weighted by molar-refractivity contribution is 5.84. The van der Waals surface area contributed by atoms with Crippen LogP contribution in [0.25, 0.3) is 0 Å². The first-order valence-corrected chi connectivity index (χ1v) is 8.21. The lowest BCUT2D eigenvalue weighted by molar-refractivity contribution is -0.126. The molecule has 0 spiro atoms. The number of nitrogens with one attached hydrogen (secondary N) is 1. The zero-order valence-corrected chi connectivity index (χ0v) is 13.3. The maximum absolute atomic E-state index is 11.9. The number of hydrogen-bond acceptors (Lipinski definition) is 3. The molecular weight excluding hydrogens is 250 g/mol. The second-order valence-electron chi connectivity index (χ2n) is 6.94. The Morgan fingerprint density at radius 2 is 1.95 bits per heavy atom.